The molecule has 4 heteroatoms. The minimum atomic E-state index is 0.102. The number of hydrogen-bond donors (Lipinski definition) is 1. The van der Waals surface area contributed by atoms with Crippen LogP contribution in [0.5, 0.6) is 0 Å². The SMILES string of the molecule is CN(CCC(N)c1ccccc1)Cc1nccn1C. The summed E-state index contributed by atoms with van der Waals surface area (Å²) >= 11 is 0. The molecule has 0 fully saturated rings. The molecule has 19 heavy (non-hydrogen) atoms. The molecule has 102 valence electrons. The van der Waals surface area contributed by atoms with Gasteiger partial charge >= 0.3 is 0 Å². The summed E-state index contributed by atoms with van der Waals surface area (Å²) in [6, 6.07) is 10.4. The topological polar surface area (TPSA) is 47.1 Å². The first-order chi connectivity index (χ1) is 9.16. The predicted octanol–water partition coefficient (Wildman–Crippen LogP) is 1.94. The number of aryl methyl sites for hydroxylation is 1. The maximum absolute atomic E-state index is 6.20. The molecule has 0 spiro atoms. The maximum Gasteiger partial charge on any atom is 0.122 e. The highest BCUT2D eigenvalue weighted by molar-refractivity contribution is 5.18. The van der Waals surface area contributed by atoms with Gasteiger partial charge in [-0.2, -0.15) is 0 Å². The van der Waals surface area contributed by atoms with Crippen molar-refractivity contribution < 1.29 is 0 Å². The summed E-state index contributed by atoms with van der Waals surface area (Å²) < 4.78 is 2.05. The molecule has 1 aromatic carbocycles. The van der Waals surface area contributed by atoms with Gasteiger partial charge in [-0.15, -0.1) is 0 Å². The number of rotatable bonds is 6. The van der Waals surface area contributed by atoms with Crippen LogP contribution in [-0.4, -0.2) is 28.0 Å². The van der Waals surface area contributed by atoms with E-state index in [0.717, 1.165) is 25.3 Å². The fraction of sp³-hybridized carbons (Fsp3) is 0.400. The molecule has 2 N–H and O–H groups in total. The standard InChI is InChI=1S/C15H22N4/c1-18(12-15-17-9-11-19(15)2)10-8-14(16)13-6-4-3-5-7-13/h3-7,9,11,14H,8,10,12,16H2,1-2H3. The lowest BCUT2D eigenvalue weighted by Gasteiger charge is -2.19. The van der Waals surface area contributed by atoms with E-state index in [4.69, 9.17) is 5.73 Å². The Bertz CT molecular complexity index is 492. The Morgan fingerprint density at radius 1 is 1.32 bits per heavy atom. The second kappa shape index (κ2) is 6.50. The van der Waals surface area contributed by atoms with Crippen molar-refractivity contribution in [3.05, 3.63) is 54.1 Å². The van der Waals surface area contributed by atoms with E-state index in [1.165, 1.54) is 5.56 Å². The second-order valence-electron chi connectivity index (χ2n) is 5.00. The zero-order valence-corrected chi connectivity index (χ0v) is 11.7. The van der Waals surface area contributed by atoms with Crippen molar-refractivity contribution >= 4 is 0 Å². The summed E-state index contributed by atoms with van der Waals surface area (Å²) in [5.41, 5.74) is 7.40. The molecule has 0 aliphatic carbocycles. The van der Waals surface area contributed by atoms with Crippen molar-refractivity contribution in [3.8, 4) is 0 Å². The lowest BCUT2D eigenvalue weighted by molar-refractivity contribution is 0.301. The average Bonchev–Trinajstić information content (AvgIpc) is 2.82. The van der Waals surface area contributed by atoms with Crippen molar-refractivity contribution in [3.63, 3.8) is 0 Å². The molecule has 1 atom stereocenters. The van der Waals surface area contributed by atoms with E-state index in [-0.39, 0.29) is 6.04 Å². The highest BCUT2D eigenvalue weighted by Gasteiger charge is 2.09. The van der Waals surface area contributed by atoms with E-state index < -0.39 is 0 Å². The third kappa shape index (κ3) is 3.91. The summed E-state index contributed by atoms with van der Waals surface area (Å²) in [4.78, 5) is 6.59. The van der Waals surface area contributed by atoms with E-state index in [1.807, 2.05) is 42.2 Å². The van der Waals surface area contributed by atoms with E-state index in [2.05, 4.69) is 29.1 Å². The van der Waals surface area contributed by atoms with Crippen LogP contribution in [0.1, 0.15) is 23.9 Å². The van der Waals surface area contributed by atoms with E-state index in [1.54, 1.807) is 0 Å². The van der Waals surface area contributed by atoms with Gasteiger partial charge in [0.25, 0.3) is 0 Å². The summed E-state index contributed by atoms with van der Waals surface area (Å²) in [5, 5.41) is 0. The van der Waals surface area contributed by atoms with Crippen LogP contribution in [0.25, 0.3) is 0 Å². The number of hydrogen-bond acceptors (Lipinski definition) is 3. The maximum atomic E-state index is 6.20. The van der Waals surface area contributed by atoms with Crippen LogP contribution in [0.15, 0.2) is 42.7 Å². The van der Waals surface area contributed by atoms with E-state index >= 15 is 0 Å². The number of imidazole rings is 1. The third-order valence-electron chi connectivity index (χ3n) is 3.38. The van der Waals surface area contributed by atoms with Gasteiger partial charge < -0.3 is 10.3 Å². The first-order valence-corrected chi connectivity index (χ1v) is 6.62. The normalized spacial score (nSPS) is 12.8. The Balaban J connectivity index is 1.81. The molecular formula is C15H22N4. The molecule has 2 aromatic rings. The van der Waals surface area contributed by atoms with Gasteiger partial charge in [0.05, 0.1) is 6.54 Å². The van der Waals surface area contributed by atoms with Gasteiger partial charge in [0.1, 0.15) is 5.82 Å². The van der Waals surface area contributed by atoms with Crippen LogP contribution in [0, 0.1) is 0 Å². The Kier molecular flexibility index (Phi) is 4.71. The van der Waals surface area contributed by atoms with Gasteiger partial charge in [-0.05, 0) is 19.0 Å². The summed E-state index contributed by atoms with van der Waals surface area (Å²) in [5.74, 6) is 1.08. The molecule has 0 amide bonds. The Labute approximate surface area is 114 Å². The van der Waals surface area contributed by atoms with Gasteiger partial charge in [-0.1, -0.05) is 30.3 Å². The Hall–Kier alpha value is -1.65. The van der Waals surface area contributed by atoms with Gasteiger partial charge in [0.2, 0.25) is 0 Å². The fourth-order valence-electron chi connectivity index (χ4n) is 2.10. The van der Waals surface area contributed by atoms with Crippen molar-refractivity contribution in [2.45, 2.75) is 19.0 Å². The number of nitrogens with two attached hydrogens (primary N) is 1. The van der Waals surface area contributed by atoms with Crippen LogP contribution in [0.2, 0.25) is 0 Å². The molecule has 1 unspecified atom stereocenters. The van der Waals surface area contributed by atoms with Crippen LogP contribution in [0.4, 0.5) is 0 Å². The van der Waals surface area contributed by atoms with Crippen molar-refractivity contribution in [2.24, 2.45) is 12.8 Å². The molecule has 1 aromatic heterocycles. The summed E-state index contributed by atoms with van der Waals surface area (Å²) in [7, 11) is 4.12. The smallest absolute Gasteiger partial charge is 0.122 e. The zero-order valence-electron chi connectivity index (χ0n) is 11.7. The molecule has 2 rings (SSSR count). The minimum absolute atomic E-state index is 0.102. The molecule has 0 aliphatic heterocycles. The quantitative estimate of drug-likeness (QED) is 0.861. The van der Waals surface area contributed by atoms with Crippen LogP contribution < -0.4 is 5.73 Å². The lowest BCUT2D eigenvalue weighted by Crippen LogP contribution is -2.24. The largest absolute Gasteiger partial charge is 0.337 e. The zero-order chi connectivity index (χ0) is 13.7. The van der Waals surface area contributed by atoms with Gasteiger partial charge in [-0.3, -0.25) is 4.90 Å². The third-order valence-corrected chi connectivity index (χ3v) is 3.38. The molecule has 4 nitrogen and oxygen atoms in total. The van der Waals surface area contributed by atoms with Crippen LogP contribution >= 0.6 is 0 Å². The minimum Gasteiger partial charge on any atom is -0.337 e. The van der Waals surface area contributed by atoms with Crippen LogP contribution in [0.3, 0.4) is 0 Å². The monoisotopic (exact) mass is 258 g/mol. The molecular weight excluding hydrogens is 236 g/mol. The Morgan fingerprint density at radius 3 is 2.68 bits per heavy atom. The molecule has 0 saturated carbocycles. The number of aromatic nitrogens is 2. The van der Waals surface area contributed by atoms with E-state index in [0.29, 0.717) is 0 Å². The van der Waals surface area contributed by atoms with Gasteiger partial charge in [0.15, 0.2) is 0 Å². The van der Waals surface area contributed by atoms with Gasteiger partial charge in [-0.25, -0.2) is 4.98 Å². The van der Waals surface area contributed by atoms with Crippen molar-refractivity contribution in [2.75, 3.05) is 13.6 Å². The fourth-order valence-corrected chi connectivity index (χ4v) is 2.10. The lowest BCUT2D eigenvalue weighted by atomic mass is 10.0. The number of benzene rings is 1. The van der Waals surface area contributed by atoms with E-state index in [9.17, 15) is 0 Å². The van der Waals surface area contributed by atoms with Crippen LogP contribution in [-0.2, 0) is 13.6 Å². The second-order valence-corrected chi connectivity index (χ2v) is 5.00. The molecule has 0 bridgehead atoms. The highest BCUT2D eigenvalue weighted by Crippen LogP contribution is 2.13. The number of nitrogens with zero attached hydrogens (tertiary/aromatic N) is 3. The van der Waals surface area contributed by atoms with Crippen molar-refractivity contribution in [1.29, 1.82) is 0 Å². The predicted molar refractivity (Wildman–Crippen MR) is 77.5 cm³/mol. The Morgan fingerprint density at radius 2 is 2.05 bits per heavy atom. The molecule has 0 saturated heterocycles. The molecule has 1 heterocycles. The molecule has 0 aliphatic rings. The first-order valence-electron chi connectivity index (χ1n) is 6.62. The van der Waals surface area contributed by atoms with Crippen molar-refractivity contribution in [1.82, 2.24) is 14.5 Å². The summed E-state index contributed by atoms with van der Waals surface area (Å²) in [6.45, 7) is 1.81. The highest BCUT2D eigenvalue weighted by atomic mass is 15.1. The molecule has 0 radical (unpaired) electrons. The summed E-state index contributed by atoms with van der Waals surface area (Å²) in [6.07, 6.45) is 4.75. The van der Waals surface area contributed by atoms with Gasteiger partial charge in [0, 0.05) is 32.0 Å². The average molecular weight is 258 g/mol. The first kappa shape index (κ1) is 13.8.